The molecule has 180 valence electrons. The van der Waals surface area contributed by atoms with Gasteiger partial charge in [0.15, 0.2) is 0 Å². The van der Waals surface area contributed by atoms with Gasteiger partial charge in [-0.25, -0.2) is 16.8 Å². The first-order chi connectivity index (χ1) is 14.8. The lowest BCUT2D eigenvalue weighted by atomic mass is 10.2. The molecule has 2 aromatic rings. The van der Waals surface area contributed by atoms with Crippen LogP contribution in [0, 0.1) is 13.8 Å². The Kier molecular flexibility index (Phi) is 10.9. The number of quaternary nitrogens is 2. The lowest BCUT2D eigenvalue weighted by Gasteiger charge is -2.15. The van der Waals surface area contributed by atoms with Gasteiger partial charge in [0.1, 0.15) is 38.9 Å². The summed E-state index contributed by atoms with van der Waals surface area (Å²) in [6.07, 6.45) is 1.10. The molecule has 1 fully saturated rings. The van der Waals surface area contributed by atoms with E-state index in [0.29, 0.717) is 18.7 Å². The topological polar surface area (TPSA) is 167 Å². The molecule has 5 N–H and O–H groups in total. The Bertz CT molecular complexity index is 953. The maximum atomic E-state index is 10.4. The second kappa shape index (κ2) is 12.4. The van der Waals surface area contributed by atoms with Gasteiger partial charge in [0.05, 0.1) is 29.4 Å². The van der Waals surface area contributed by atoms with Gasteiger partial charge >= 0.3 is 0 Å². The van der Waals surface area contributed by atoms with Crippen molar-refractivity contribution in [2.75, 3.05) is 19.7 Å². The summed E-state index contributed by atoms with van der Waals surface area (Å²) in [5, 5.41) is 8.94. The summed E-state index contributed by atoms with van der Waals surface area (Å²) in [7, 11) is -8.54. The number of aliphatic hydroxyl groups is 1. The van der Waals surface area contributed by atoms with Crippen molar-refractivity contribution in [1.29, 1.82) is 0 Å². The first-order valence-electron chi connectivity index (χ1n) is 10.1. The second-order valence-corrected chi connectivity index (χ2v) is 10.5. The Morgan fingerprint density at radius 2 is 1.28 bits per heavy atom. The summed E-state index contributed by atoms with van der Waals surface area (Å²) in [6, 6.07) is 12.6. The first-order valence-corrected chi connectivity index (χ1v) is 12.9. The number of nitrogens with one attached hydrogen (secondary N) is 1. The van der Waals surface area contributed by atoms with E-state index in [-0.39, 0.29) is 9.79 Å². The van der Waals surface area contributed by atoms with Crippen molar-refractivity contribution in [1.82, 2.24) is 0 Å². The van der Waals surface area contributed by atoms with Crippen LogP contribution < -0.4 is 10.6 Å². The van der Waals surface area contributed by atoms with Crippen LogP contribution in [0.2, 0.25) is 0 Å². The van der Waals surface area contributed by atoms with Crippen molar-refractivity contribution in [2.45, 2.75) is 49.1 Å². The Balaban J connectivity index is 0.000000240. The van der Waals surface area contributed by atoms with Crippen LogP contribution in [-0.2, 0) is 20.2 Å². The lowest BCUT2D eigenvalue weighted by Crippen LogP contribution is -3.14. The minimum Gasteiger partial charge on any atom is -0.744 e. The molecular formula is C21H32N2O7S2. The van der Waals surface area contributed by atoms with Crippen LogP contribution in [0.15, 0.2) is 58.3 Å². The van der Waals surface area contributed by atoms with Crippen LogP contribution in [0.3, 0.4) is 0 Å². The second-order valence-electron chi connectivity index (χ2n) is 7.73. The van der Waals surface area contributed by atoms with Gasteiger partial charge in [-0.15, -0.1) is 0 Å². The molecule has 1 saturated heterocycles. The normalized spacial score (nSPS) is 20.5. The largest absolute Gasteiger partial charge is 0.744 e. The Hall–Kier alpha value is -1.86. The molecule has 0 radical (unpaired) electrons. The van der Waals surface area contributed by atoms with E-state index in [1.54, 1.807) is 24.3 Å². The van der Waals surface area contributed by atoms with Gasteiger partial charge in [-0.1, -0.05) is 35.4 Å². The standard InChI is InChI=1S/C7H16N2O.2C7H8O3S/c1-2-9-4-6(8)3-7(9)5-10;2*1-6-2-4-7(5-3-6)11(8,9)10/h6-7,10H,2-5,8H2,1H3;2*2-5H,1H3,(H,8,9,10)/t6-,7-;;/m0../s1. The van der Waals surface area contributed by atoms with Crippen molar-refractivity contribution in [3.63, 3.8) is 0 Å². The van der Waals surface area contributed by atoms with E-state index >= 15 is 0 Å². The van der Waals surface area contributed by atoms with E-state index in [1.807, 2.05) is 13.8 Å². The highest BCUT2D eigenvalue weighted by molar-refractivity contribution is 7.86. The molecule has 1 heterocycles. The summed E-state index contributed by atoms with van der Waals surface area (Å²) in [5.41, 5.74) is 5.86. The summed E-state index contributed by atoms with van der Waals surface area (Å²) in [6.45, 7) is 8.40. The molecule has 0 aliphatic carbocycles. The number of hydrogen-bond acceptors (Lipinski definition) is 7. The van der Waals surface area contributed by atoms with Crippen LogP contribution in [0.1, 0.15) is 24.5 Å². The number of aryl methyl sites for hydroxylation is 2. The average Bonchev–Trinajstić information content (AvgIpc) is 3.08. The van der Waals surface area contributed by atoms with Gasteiger partial charge in [0.25, 0.3) is 0 Å². The molecule has 9 nitrogen and oxygen atoms in total. The molecule has 0 aromatic heterocycles. The zero-order chi connectivity index (χ0) is 24.5. The highest BCUT2D eigenvalue weighted by atomic mass is 32.2. The number of hydrogen-bond donors (Lipinski definition) is 3. The molecule has 3 rings (SSSR count). The van der Waals surface area contributed by atoms with Gasteiger partial charge < -0.3 is 24.8 Å². The summed E-state index contributed by atoms with van der Waals surface area (Å²) >= 11 is 0. The first kappa shape index (κ1) is 28.2. The third-order valence-electron chi connectivity index (χ3n) is 5.04. The molecule has 32 heavy (non-hydrogen) atoms. The van der Waals surface area contributed by atoms with Crippen molar-refractivity contribution in [3.05, 3.63) is 59.7 Å². The summed E-state index contributed by atoms with van der Waals surface area (Å²) < 4.78 is 62.3. The van der Waals surface area contributed by atoms with Crippen LogP contribution >= 0.6 is 0 Å². The van der Waals surface area contributed by atoms with Gasteiger partial charge in [-0.3, -0.25) is 0 Å². The lowest BCUT2D eigenvalue weighted by molar-refractivity contribution is -0.914. The van der Waals surface area contributed by atoms with Gasteiger partial charge in [0.2, 0.25) is 0 Å². The minimum absolute atomic E-state index is 0.178. The fraction of sp³-hybridized carbons (Fsp3) is 0.429. The summed E-state index contributed by atoms with van der Waals surface area (Å²) in [5.74, 6) is 0. The molecule has 11 heteroatoms. The van der Waals surface area contributed by atoms with E-state index in [9.17, 15) is 25.9 Å². The van der Waals surface area contributed by atoms with E-state index in [4.69, 9.17) is 5.11 Å². The molecular weight excluding hydrogens is 456 g/mol. The highest BCUT2D eigenvalue weighted by Gasteiger charge is 2.34. The van der Waals surface area contributed by atoms with Crippen molar-refractivity contribution in [2.24, 2.45) is 0 Å². The summed E-state index contributed by atoms with van der Waals surface area (Å²) in [4.78, 5) is 1.16. The third kappa shape index (κ3) is 9.74. The Labute approximate surface area is 190 Å². The minimum atomic E-state index is -4.27. The van der Waals surface area contributed by atoms with Crippen molar-refractivity contribution < 1.29 is 41.7 Å². The molecule has 0 amide bonds. The van der Waals surface area contributed by atoms with Crippen molar-refractivity contribution >= 4 is 20.2 Å². The third-order valence-corrected chi connectivity index (χ3v) is 6.74. The fourth-order valence-electron chi connectivity index (χ4n) is 3.24. The Morgan fingerprint density at radius 1 is 0.906 bits per heavy atom. The van der Waals surface area contributed by atoms with Gasteiger partial charge in [-0.2, -0.15) is 0 Å². The van der Waals surface area contributed by atoms with E-state index < -0.39 is 20.2 Å². The van der Waals surface area contributed by atoms with Crippen LogP contribution in [0.5, 0.6) is 0 Å². The SMILES string of the molecule is CC[NH+]1C[C@@H]([NH3+])C[C@H]1CO.Cc1ccc(S(=O)(=O)[O-])cc1.Cc1ccc(S(=O)(=O)[O-])cc1. The molecule has 0 bridgehead atoms. The molecule has 1 unspecified atom stereocenters. The maximum absolute atomic E-state index is 10.4. The number of aliphatic hydroxyl groups excluding tert-OH is 1. The molecule has 1 aliphatic heterocycles. The monoisotopic (exact) mass is 488 g/mol. The number of rotatable bonds is 4. The number of likely N-dealkylation sites (N-methyl/N-ethyl adjacent to an activating group) is 1. The van der Waals surface area contributed by atoms with Crippen LogP contribution in [0.25, 0.3) is 0 Å². The van der Waals surface area contributed by atoms with Gasteiger partial charge in [-0.05, 0) is 45.0 Å². The zero-order valence-electron chi connectivity index (χ0n) is 18.5. The van der Waals surface area contributed by atoms with Crippen LogP contribution in [-0.4, -0.2) is 62.8 Å². The van der Waals surface area contributed by atoms with Gasteiger partial charge in [0, 0.05) is 0 Å². The molecule has 0 saturated carbocycles. The molecule has 0 spiro atoms. The van der Waals surface area contributed by atoms with E-state index in [0.717, 1.165) is 30.6 Å². The number of likely N-dealkylation sites (tertiary alicyclic amines) is 1. The highest BCUT2D eigenvalue weighted by Crippen LogP contribution is 2.09. The molecule has 1 aliphatic rings. The quantitative estimate of drug-likeness (QED) is 0.467. The average molecular weight is 489 g/mol. The zero-order valence-corrected chi connectivity index (χ0v) is 20.2. The smallest absolute Gasteiger partial charge is 0.140 e. The number of benzene rings is 2. The maximum Gasteiger partial charge on any atom is 0.140 e. The van der Waals surface area contributed by atoms with Crippen LogP contribution in [0.4, 0.5) is 0 Å². The van der Waals surface area contributed by atoms with E-state index in [2.05, 4.69) is 12.7 Å². The molecule has 3 atom stereocenters. The predicted octanol–water partition coefficient (Wildman–Crippen LogP) is -0.935. The van der Waals surface area contributed by atoms with E-state index in [1.165, 1.54) is 29.2 Å². The Morgan fingerprint density at radius 3 is 1.53 bits per heavy atom. The van der Waals surface area contributed by atoms with Crippen molar-refractivity contribution in [3.8, 4) is 0 Å². The fourth-order valence-corrected chi connectivity index (χ4v) is 4.18. The molecule has 2 aromatic carbocycles. The predicted molar refractivity (Wildman–Crippen MR) is 117 cm³/mol.